The molecule has 0 N–H and O–H groups in total. The number of anilines is 1. The van der Waals surface area contributed by atoms with Crippen LogP contribution in [-0.2, 0) is 14.3 Å². The van der Waals surface area contributed by atoms with Crippen molar-refractivity contribution in [2.75, 3.05) is 4.90 Å². The van der Waals surface area contributed by atoms with Crippen molar-refractivity contribution in [3.63, 3.8) is 0 Å². The average molecular weight is 481 g/mol. The predicted molar refractivity (Wildman–Crippen MR) is 121 cm³/mol. The second-order valence-corrected chi connectivity index (χ2v) is 10.0. The van der Waals surface area contributed by atoms with Crippen LogP contribution in [0.25, 0.3) is 0 Å². The summed E-state index contributed by atoms with van der Waals surface area (Å²) in [5, 5.41) is 0. The molecule has 0 radical (unpaired) electrons. The summed E-state index contributed by atoms with van der Waals surface area (Å²) in [7, 11) is 0. The number of halogens is 1. The minimum absolute atomic E-state index is 0.0541. The number of fused-ring (bicyclic) bond motifs is 1. The molecule has 6 heteroatoms. The molecule has 1 fully saturated rings. The SMILES string of the molecule is Cc1ccnc(N2C(=O)C3=C(C(=O)C4CC(C)C(C)CC4O3)C2c2cccc(Br)c2)c1. The number of ketones is 1. The Balaban J connectivity index is 1.65. The van der Waals surface area contributed by atoms with Gasteiger partial charge >= 0.3 is 0 Å². The monoisotopic (exact) mass is 480 g/mol. The fourth-order valence-corrected chi connectivity index (χ4v) is 5.56. The Labute approximate surface area is 190 Å². The van der Waals surface area contributed by atoms with E-state index in [1.807, 2.05) is 43.3 Å². The predicted octanol–water partition coefficient (Wildman–Crippen LogP) is 5.14. The van der Waals surface area contributed by atoms with Crippen LogP contribution in [0.2, 0.25) is 0 Å². The zero-order valence-corrected chi connectivity index (χ0v) is 19.4. The number of Topliss-reactive ketones (excluding diaryl/α,β-unsaturated/α-hetero) is 1. The highest BCUT2D eigenvalue weighted by molar-refractivity contribution is 9.10. The smallest absolute Gasteiger partial charge is 0.295 e. The first-order chi connectivity index (χ1) is 14.8. The highest BCUT2D eigenvalue weighted by Gasteiger charge is 2.54. The van der Waals surface area contributed by atoms with Gasteiger partial charge in [-0.2, -0.15) is 0 Å². The van der Waals surface area contributed by atoms with Crippen LogP contribution < -0.4 is 4.90 Å². The largest absolute Gasteiger partial charge is 0.483 e. The number of aryl methyl sites for hydroxylation is 1. The van der Waals surface area contributed by atoms with Crippen molar-refractivity contribution < 1.29 is 14.3 Å². The van der Waals surface area contributed by atoms with Gasteiger partial charge in [0, 0.05) is 10.7 Å². The topological polar surface area (TPSA) is 59.5 Å². The quantitative estimate of drug-likeness (QED) is 0.596. The summed E-state index contributed by atoms with van der Waals surface area (Å²) in [4.78, 5) is 33.5. The molecule has 1 aliphatic carbocycles. The number of hydrogen-bond acceptors (Lipinski definition) is 4. The summed E-state index contributed by atoms with van der Waals surface area (Å²) >= 11 is 3.53. The zero-order chi connectivity index (χ0) is 21.9. The molecular formula is C25H25BrN2O3. The van der Waals surface area contributed by atoms with Crippen molar-refractivity contribution >= 4 is 33.4 Å². The fraction of sp³-hybridized carbons (Fsp3) is 0.400. The van der Waals surface area contributed by atoms with E-state index in [4.69, 9.17) is 4.74 Å². The van der Waals surface area contributed by atoms with Crippen molar-refractivity contribution in [2.45, 2.75) is 45.8 Å². The summed E-state index contributed by atoms with van der Waals surface area (Å²) in [5.41, 5.74) is 2.34. The minimum atomic E-state index is -0.544. The molecule has 0 saturated heterocycles. The van der Waals surface area contributed by atoms with Crippen LogP contribution in [0.5, 0.6) is 0 Å². The van der Waals surface area contributed by atoms with Crippen LogP contribution in [0.4, 0.5) is 5.82 Å². The van der Waals surface area contributed by atoms with Gasteiger partial charge < -0.3 is 4.74 Å². The molecule has 1 saturated carbocycles. The second-order valence-electron chi connectivity index (χ2n) is 9.12. The summed E-state index contributed by atoms with van der Waals surface area (Å²) in [6.45, 7) is 6.36. The third kappa shape index (κ3) is 3.32. The maximum Gasteiger partial charge on any atom is 0.295 e. The van der Waals surface area contributed by atoms with Crippen molar-refractivity contribution in [3.8, 4) is 0 Å². The highest BCUT2D eigenvalue weighted by atomic mass is 79.9. The lowest BCUT2D eigenvalue weighted by molar-refractivity contribution is -0.134. The Morgan fingerprint density at radius 3 is 2.61 bits per heavy atom. The first kappa shape index (κ1) is 20.4. The molecular weight excluding hydrogens is 456 g/mol. The van der Waals surface area contributed by atoms with Gasteiger partial charge in [-0.3, -0.25) is 14.5 Å². The van der Waals surface area contributed by atoms with Crippen LogP contribution in [0, 0.1) is 24.7 Å². The van der Waals surface area contributed by atoms with Gasteiger partial charge in [0.1, 0.15) is 11.9 Å². The number of amides is 1. The van der Waals surface area contributed by atoms with Gasteiger partial charge in [0.15, 0.2) is 11.5 Å². The van der Waals surface area contributed by atoms with Gasteiger partial charge in [-0.15, -0.1) is 0 Å². The Bertz CT molecular complexity index is 1110. The van der Waals surface area contributed by atoms with Crippen LogP contribution in [0.15, 0.2) is 58.4 Å². The molecule has 1 aromatic carbocycles. The Kier molecular flexibility index (Phi) is 5.00. The second kappa shape index (κ2) is 7.59. The molecule has 160 valence electrons. The first-order valence-corrected chi connectivity index (χ1v) is 11.6. The van der Waals surface area contributed by atoms with Gasteiger partial charge in [0.2, 0.25) is 0 Å². The zero-order valence-electron chi connectivity index (χ0n) is 17.8. The number of hydrogen-bond donors (Lipinski definition) is 0. The van der Waals surface area contributed by atoms with E-state index in [-0.39, 0.29) is 29.5 Å². The Morgan fingerprint density at radius 2 is 1.87 bits per heavy atom. The third-order valence-electron chi connectivity index (χ3n) is 7.02. The molecule has 5 atom stereocenters. The van der Waals surface area contributed by atoms with Gasteiger partial charge in [-0.1, -0.05) is 41.9 Å². The molecule has 31 heavy (non-hydrogen) atoms. The average Bonchev–Trinajstić information content (AvgIpc) is 3.02. The van der Waals surface area contributed by atoms with E-state index in [0.717, 1.165) is 28.4 Å². The first-order valence-electron chi connectivity index (χ1n) is 10.8. The standard InChI is InChI=1S/C25H25BrN2O3/c1-13-7-8-27-20(9-13)28-22(16-5-4-6-17(26)12-16)21-23(29)18-10-14(2)15(3)11-19(18)31-24(21)25(28)30/h4-9,12,14-15,18-19,22H,10-11H2,1-3H3. The van der Waals surface area contributed by atoms with E-state index >= 15 is 0 Å². The number of rotatable bonds is 2. The third-order valence-corrected chi connectivity index (χ3v) is 7.52. The number of carbonyl (C=O) groups excluding carboxylic acids is 2. The molecule has 2 aliphatic heterocycles. The lowest BCUT2D eigenvalue weighted by atomic mass is 9.70. The molecule has 5 rings (SSSR count). The van der Waals surface area contributed by atoms with Crippen molar-refractivity contribution in [2.24, 2.45) is 17.8 Å². The maximum atomic E-state index is 13.8. The number of ether oxygens (including phenoxy) is 1. The van der Waals surface area contributed by atoms with Crippen LogP contribution in [-0.4, -0.2) is 22.8 Å². The molecule has 0 spiro atoms. The van der Waals surface area contributed by atoms with Crippen LogP contribution in [0.3, 0.4) is 0 Å². The van der Waals surface area contributed by atoms with Crippen LogP contribution in [0.1, 0.15) is 43.9 Å². The maximum absolute atomic E-state index is 13.8. The lowest BCUT2D eigenvalue weighted by Gasteiger charge is -2.40. The van der Waals surface area contributed by atoms with Crippen molar-refractivity contribution in [3.05, 3.63) is 69.5 Å². The normalized spacial score (nSPS) is 30.2. The molecule has 5 unspecified atom stereocenters. The molecule has 5 nitrogen and oxygen atoms in total. The van der Waals surface area contributed by atoms with Gasteiger partial charge in [0.25, 0.3) is 5.91 Å². The molecule has 1 amide bonds. The fourth-order valence-electron chi connectivity index (χ4n) is 5.14. The number of benzene rings is 1. The minimum Gasteiger partial charge on any atom is -0.483 e. The van der Waals surface area contributed by atoms with E-state index in [0.29, 0.717) is 23.2 Å². The molecule has 0 bridgehead atoms. The molecule has 1 aromatic heterocycles. The summed E-state index contributed by atoms with van der Waals surface area (Å²) in [6.07, 6.45) is 3.06. The molecule has 3 aliphatic rings. The summed E-state index contributed by atoms with van der Waals surface area (Å²) in [6, 6.07) is 11.0. The van der Waals surface area contributed by atoms with E-state index < -0.39 is 6.04 Å². The van der Waals surface area contributed by atoms with Crippen molar-refractivity contribution in [1.82, 2.24) is 4.98 Å². The van der Waals surface area contributed by atoms with E-state index in [1.165, 1.54) is 0 Å². The van der Waals surface area contributed by atoms with E-state index in [2.05, 4.69) is 34.8 Å². The molecule has 3 heterocycles. The number of carbonyl (C=O) groups is 2. The van der Waals surface area contributed by atoms with E-state index in [9.17, 15) is 9.59 Å². The van der Waals surface area contributed by atoms with Crippen molar-refractivity contribution in [1.29, 1.82) is 0 Å². The van der Waals surface area contributed by atoms with E-state index in [1.54, 1.807) is 11.1 Å². The van der Waals surface area contributed by atoms with Gasteiger partial charge in [0.05, 0.1) is 17.5 Å². The summed E-state index contributed by atoms with van der Waals surface area (Å²) < 4.78 is 7.20. The molecule has 2 aromatic rings. The Morgan fingerprint density at radius 1 is 1.10 bits per heavy atom. The number of pyridine rings is 1. The highest BCUT2D eigenvalue weighted by Crippen LogP contribution is 2.49. The van der Waals surface area contributed by atoms with Gasteiger partial charge in [-0.05, 0) is 67.0 Å². The Hall–Kier alpha value is -2.47. The lowest BCUT2D eigenvalue weighted by Crippen LogP contribution is -2.43. The summed E-state index contributed by atoms with van der Waals surface area (Å²) in [5.74, 6) is 1.23. The number of nitrogens with zero attached hydrogens (tertiary/aromatic N) is 2. The number of aromatic nitrogens is 1. The van der Waals surface area contributed by atoms with Crippen LogP contribution >= 0.6 is 15.9 Å². The van der Waals surface area contributed by atoms with Gasteiger partial charge in [-0.25, -0.2) is 4.98 Å².